The second kappa shape index (κ2) is 5.31. The fourth-order valence-corrected chi connectivity index (χ4v) is 2.17. The lowest BCUT2D eigenvalue weighted by molar-refractivity contribution is -0.135. The summed E-state index contributed by atoms with van der Waals surface area (Å²) in [5, 5.41) is 0. The minimum absolute atomic E-state index is 0.115. The van der Waals surface area contributed by atoms with Crippen molar-refractivity contribution in [3.8, 4) is 0 Å². The number of nitrogens with zero attached hydrogens (tertiary/aromatic N) is 1. The summed E-state index contributed by atoms with van der Waals surface area (Å²) >= 11 is 0. The molecule has 0 heterocycles. The number of rotatable bonds is 5. The number of amides is 1. The summed E-state index contributed by atoms with van der Waals surface area (Å²) in [6.45, 7) is 4.45. The fraction of sp³-hybridized carbons (Fsp3) is 0.750. The number of allylic oxidation sites excluding steroid dienone is 1. The maximum absolute atomic E-state index is 12.0. The smallest absolute Gasteiger partial charge is 0.242 e. The highest BCUT2D eigenvalue weighted by molar-refractivity contribution is 5.86. The Bertz CT molecular complexity index is 232. The Hall–Kier alpha value is -0.830. The molecule has 0 bridgehead atoms. The second-order valence-corrected chi connectivity index (χ2v) is 4.52. The van der Waals surface area contributed by atoms with Crippen LogP contribution in [0.2, 0.25) is 0 Å². The van der Waals surface area contributed by atoms with E-state index in [0.29, 0.717) is 0 Å². The number of hydrogen-bond donors (Lipinski definition) is 1. The number of nitrogens with two attached hydrogens (primary N) is 1. The molecule has 0 aliphatic heterocycles. The molecule has 15 heavy (non-hydrogen) atoms. The molecule has 0 atom stereocenters. The summed E-state index contributed by atoms with van der Waals surface area (Å²) in [5.41, 5.74) is 5.53. The average Bonchev–Trinajstić information content (AvgIpc) is 2.65. The van der Waals surface area contributed by atoms with Gasteiger partial charge in [0.15, 0.2) is 0 Å². The highest BCUT2D eigenvalue weighted by Gasteiger charge is 2.38. The normalized spacial score (nSPS) is 18.8. The molecule has 0 radical (unpaired) electrons. The summed E-state index contributed by atoms with van der Waals surface area (Å²) in [6.07, 6.45) is 7.67. The molecule has 1 saturated carbocycles. The van der Waals surface area contributed by atoms with Crippen molar-refractivity contribution < 1.29 is 4.79 Å². The summed E-state index contributed by atoms with van der Waals surface area (Å²) in [5.74, 6) is 0.115. The molecule has 86 valence electrons. The van der Waals surface area contributed by atoms with E-state index in [9.17, 15) is 4.79 Å². The van der Waals surface area contributed by atoms with Gasteiger partial charge in [0.05, 0.1) is 5.54 Å². The lowest BCUT2D eigenvalue weighted by atomic mass is 9.97. The van der Waals surface area contributed by atoms with E-state index in [0.717, 1.165) is 45.1 Å². The maximum Gasteiger partial charge on any atom is 0.242 e. The highest BCUT2D eigenvalue weighted by Crippen LogP contribution is 2.28. The van der Waals surface area contributed by atoms with Crippen LogP contribution < -0.4 is 5.73 Å². The lowest BCUT2D eigenvalue weighted by Crippen LogP contribution is -2.52. The molecule has 0 saturated heterocycles. The van der Waals surface area contributed by atoms with Crippen molar-refractivity contribution in [1.29, 1.82) is 0 Å². The van der Waals surface area contributed by atoms with Crippen LogP contribution in [0.5, 0.6) is 0 Å². The van der Waals surface area contributed by atoms with Gasteiger partial charge in [-0.05, 0) is 25.7 Å². The molecule has 1 rings (SSSR count). The zero-order valence-electron chi connectivity index (χ0n) is 9.67. The van der Waals surface area contributed by atoms with Crippen molar-refractivity contribution in [3.05, 3.63) is 12.7 Å². The van der Waals surface area contributed by atoms with Crippen LogP contribution in [-0.4, -0.2) is 29.9 Å². The number of hydrogen-bond acceptors (Lipinski definition) is 2. The molecule has 2 N–H and O–H groups in total. The van der Waals surface area contributed by atoms with E-state index < -0.39 is 5.54 Å². The minimum atomic E-state index is -0.567. The van der Waals surface area contributed by atoms with E-state index in [-0.39, 0.29) is 5.91 Å². The number of unbranched alkanes of at least 4 members (excludes halogenated alkanes) is 1. The first kappa shape index (κ1) is 12.2. The Labute approximate surface area is 92.3 Å². The third-order valence-corrected chi connectivity index (χ3v) is 3.17. The largest absolute Gasteiger partial charge is 0.344 e. The van der Waals surface area contributed by atoms with Gasteiger partial charge in [-0.3, -0.25) is 4.79 Å². The average molecular weight is 210 g/mol. The van der Waals surface area contributed by atoms with E-state index in [2.05, 4.69) is 6.58 Å². The van der Waals surface area contributed by atoms with Crippen LogP contribution in [0.15, 0.2) is 12.7 Å². The number of carbonyl (C=O) groups excluding carboxylic acids is 1. The molecule has 0 unspecified atom stereocenters. The molecule has 3 heteroatoms. The summed E-state index contributed by atoms with van der Waals surface area (Å²) < 4.78 is 0. The topological polar surface area (TPSA) is 46.3 Å². The van der Waals surface area contributed by atoms with Crippen LogP contribution in [0.4, 0.5) is 0 Å². The molecule has 1 aliphatic carbocycles. The van der Waals surface area contributed by atoms with Crippen molar-refractivity contribution in [2.75, 3.05) is 13.6 Å². The molecule has 1 fully saturated rings. The highest BCUT2D eigenvalue weighted by atomic mass is 16.2. The predicted molar refractivity (Wildman–Crippen MR) is 62.5 cm³/mol. The molecular formula is C12H22N2O. The van der Waals surface area contributed by atoms with E-state index in [1.165, 1.54) is 0 Å². The van der Waals surface area contributed by atoms with Crippen LogP contribution >= 0.6 is 0 Å². The summed E-state index contributed by atoms with van der Waals surface area (Å²) in [6, 6.07) is 0. The summed E-state index contributed by atoms with van der Waals surface area (Å²) in [7, 11) is 1.85. The Morgan fingerprint density at radius 2 is 2.13 bits per heavy atom. The molecule has 0 aromatic carbocycles. The van der Waals surface area contributed by atoms with Gasteiger partial charge in [0.2, 0.25) is 5.91 Å². The Morgan fingerprint density at radius 1 is 1.53 bits per heavy atom. The van der Waals surface area contributed by atoms with Gasteiger partial charge >= 0.3 is 0 Å². The van der Waals surface area contributed by atoms with Crippen molar-refractivity contribution in [3.63, 3.8) is 0 Å². The second-order valence-electron chi connectivity index (χ2n) is 4.52. The van der Waals surface area contributed by atoms with Crippen LogP contribution in [-0.2, 0) is 4.79 Å². The molecule has 0 aromatic heterocycles. The third kappa shape index (κ3) is 3.06. The molecule has 0 aromatic rings. The van der Waals surface area contributed by atoms with Gasteiger partial charge < -0.3 is 10.6 Å². The molecule has 1 amide bonds. The van der Waals surface area contributed by atoms with Crippen LogP contribution in [0, 0.1) is 0 Å². The minimum Gasteiger partial charge on any atom is -0.344 e. The van der Waals surface area contributed by atoms with Crippen LogP contribution in [0.3, 0.4) is 0 Å². The van der Waals surface area contributed by atoms with Gasteiger partial charge in [0.1, 0.15) is 0 Å². The molecule has 0 spiro atoms. The lowest BCUT2D eigenvalue weighted by Gasteiger charge is -2.28. The van der Waals surface area contributed by atoms with E-state index in [1.54, 1.807) is 4.90 Å². The van der Waals surface area contributed by atoms with Crippen molar-refractivity contribution >= 4 is 5.91 Å². The first-order chi connectivity index (χ1) is 7.10. The van der Waals surface area contributed by atoms with E-state index >= 15 is 0 Å². The van der Waals surface area contributed by atoms with E-state index in [4.69, 9.17) is 5.73 Å². The third-order valence-electron chi connectivity index (χ3n) is 3.17. The van der Waals surface area contributed by atoms with E-state index in [1.807, 2.05) is 13.1 Å². The van der Waals surface area contributed by atoms with Crippen LogP contribution in [0.25, 0.3) is 0 Å². The first-order valence-corrected chi connectivity index (χ1v) is 5.75. The molecular weight excluding hydrogens is 188 g/mol. The van der Waals surface area contributed by atoms with Crippen molar-refractivity contribution in [2.24, 2.45) is 5.73 Å². The van der Waals surface area contributed by atoms with Crippen LogP contribution in [0.1, 0.15) is 38.5 Å². The van der Waals surface area contributed by atoms with Gasteiger partial charge in [-0.15, -0.1) is 6.58 Å². The standard InChI is InChI=1S/C12H22N2O/c1-3-4-7-10-14(2)11(15)12(13)8-5-6-9-12/h3H,1,4-10,13H2,2H3. The van der Waals surface area contributed by atoms with Gasteiger partial charge in [0.25, 0.3) is 0 Å². The fourth-order valence-electron chi connectivity index (χ4n) is 2.17. The monoisotopic (exact) mass is 210 g/mol. The van der Waals surface area contributed by atoms with Gasteiger partial charge in [0, 0.05) is 13.6 Å². The SMILES string of the molecule is C=CCCCN(C)C(=O)C1(N)CCCC1. The van der Waals surface area contributed by atoms with Crippen molar-refractivity contribution in [2.45, 2.75) is 44.1 Å². The van der Waals surface area contributed by atoms with Gasteiger partial charge in [-0.2, -0.15) is 0 Å². The van der Waals surface area contributed by atoms with Gasteiger partial charge in [-0.1, -0.05) is 18.9 Å². The molecule has 1 aliphatic rings. The number of carbonyl (C=O) groups is 1. The maximum atomic E-state index is 12.0. The Morgan fingerprint density at radius 3 is 2.67 bits per heavy atom. The zero-order chi connectivity index (χ0) is 11.3. The van der Waals surface area contributed by atoms with Gasteiger partial charge in [-0.25, -0.2) is 0 Å². The van der Waals surface area contributed by atoms with Crippen molar-refractivity contribution in [1.82, 2.24) is 4.90 Å². The summed E-state index contributed by atoms with van der Waals surface area (Å²) in [4.78, 5) is 13.8. The quantitative estimate of drug-likeness (QED) is 0.554. The zero-order valence-corrected chi connectivity index (χ0v) is 9.67. The Balaban J connectivity index is 2.41. The number of likely N-dealkylation sites (N-methyl/N-ethyl adjacent to an activating group) is 1. The predicted octanol–water partition coefficient (Wildman–Crippen LogP) is 1.68. The first-order valence-electron chi connectivity index (χ1n) is 5.75. The molecule has 3 nitrogen and oxygen atoms in total. The Kier molecular flexibility index (Phi) is 4.33.